The maximum absolute atomic E-state index is 13.4. The van der Waals surface area contributed by atoms with Gasteiger partial charge in [-0.2, -0.15) is 18.3 Å². The van der Waals surface area contributed by atoms with Gasteiger partial charge in [0, 0.05) is 39.9 Å². The van der Waals surface area contributed by atoms with E-state index in [1.165, 1.54) is 26.3 Å². The van der Waals surface area contributed by atoms with Crippen LogP contribution in [0.4, 0.5) is 18.9 Å². The molecule has 1 aromatic heterocycles. The molecule has 1 saturated heterocycles. The Hall–Kier alpha value is -2.51. The molecule has 170 valence electrons. The number of anilines is 1. The van der Waals surface area contributed by atoms with Gasteiger partial charge in [0.15, 0.2) is 5.96 Å². The number of aryl methyl sites for hydroxylation is 1. The summed E-state index contributed by atoms with van der Waals surface area (Å²) >= 11 is 0. The number of halogens is 4. The van der Waals surface area contributed by atoms with Crippen molar-refractivity contribution in [3.8, 4) is 5.75 Å². The number of aliphatic imine (C=N–C) groups is 1. The number of alkyl halides is 3. The number of aromatic nitrogens is 2. The molecule has 1 aliphatic rings. The largest absolute Gasteiger partial charge is 0.497 e. The Balaban J connectivity index is 0.00000341. The number of guanidine groups is 1. The summed E-state index contributed by atoms with van der Waals surface area (Å²) in [6.07, 6.45) is -1.15. The Labute approximate surface area is 195 Å². The van der Waals surface area contributed by atoms with Crippen LogP contribution in [0.25, 0.3) is 0 Å². The topological polar surface area (TPSA) is 75.0 Å². The van der Waals surface area contributed by atoms with Gasteiger partial charge in [-0.3, -0.25) is 14.5 Å². The smallest absolute Gasteiger partial charge is 0.416 e. The molecule has 0 aliphatic carbocycles. The summed E-state index contributed by atoms with van der Waals surface area (Å²) in [6.45, 7) is 0.864. The molecule has 1 aromatic carbocycles. The highest BCUT2D eigenvalue weighted by Crippen LogP contribution is 2.34. The summed E-state index contributed by atoms with van der Waals surface area (Å²) in [7, 11) is 4.61. The van der Waals surface area contributed by atoms with E-state index in [0.717, 1.165) is 6.07 Å². The Morgan fingerprint density at radius 1 is 1.32 bits per heavy atom. The van der Waals surface area contributed by atoms with Crippen LogP contribution in [-0.4, -0.2) is 60.3 Å². The molecule has 1 aliphatic heterocycles. The summed E-state index contributed by atoms with van der Waals surface area (Å²) < 4.78 is 46.7. The van der Waals surface area contributed by atoms with E-state index in [4.69, 9.17) is 4.74 Å². The van der Waals surface area contributed by atoms with E-state index in [2.05, 4.69) is 15.4 Å². The Morgan fingerprint density at radius 2 is 2.06 bits per heavy atom. The summed E-state index contributed by atoms with van der Waals surface area (Å²) in [6, 6.07) is 3.81. The molecule has 1 fully saturated rings. The van der Waals surface area contributed by atoms with Crippen molar-refractivity contribution < 1.29 is 22.7 Å². The molecule has 31 heavy (non-hydrogen) atoms. The first-order valence-electron chi connectivity index (χ1n) is 9.21. The monoisotopic (exact) mass is 552 g/mol. The summed E-state index contributed by atoms with van der Waals surface area (Å²) in [5.41, 5.74) is -0.00908. The second kappa shape index (κ2) is 10.2. The molecule has 3 rings (SSSR count). The molecule has 0 atom stereocenters. The number of carbonyl (C=O) groups is 1. The maximum atomic E-state index is 13.4. The molecular formula is C19H24F3IN6O2. The number of hydrogen-bond donors (Lipinski definition) is 1. The van der Waals surface area contributed by atoms with Crippen molar-refractivity contribution in [3.63, 3.8) is 0 Å². The zero-order chi connectivity index (χ0) is 21.9. The predicted octanol–water partition coefficient (Wildman–Crippen LogP) is 2.49. The van der Waals surface area contributed by atoms with Crippen LogP contribution in [0.5, 0.6) is 5.75 Å². The average Bonchev–Trinajstić information content (AvgIpc) is 3.13. The zero-order valence-corrected chi connectivity index (χ0v) is 19.6. The van der Waals surface area contributed by atoms with Gasteiger partial charge in [-0.25, -0.2) is 0 Å². The predicted molar refractivity (Wildman–Crippen MR) is 121 cm³/mol. The fraction of sp³-hybridized carbons (Fsp3) is 0.421. The lowest BCUT2D eigenvalue weighted by molar-refractivity contribution is -0.138. The number of benzene rings is 1. The number of rotatable bonds is 4. The number of amides is 1. The second-order valence-corrected chi connectivity index (χ2v) is 6.76. The van der Waals surface area contributed by atoms with Gasteiger partial charge in [-0.1, -0.05) is 6.07 Å². The summed E-state index contributed by atoms with van der Waals surface area (Å²) in [4.78, 5) is 20.0. The number of nitrogens with zero attached hydrogens (tertiary/aromatic N) is 5. The van der Waals surface area contributed by atoms with Crippen LogP contribution >= 0.6 is 24.0 Å². The van der Waals surface area contributed by atoms with E-state index in [0.29, 0.717) is 24.7 Å². The van der Waals surface area contributed by atoms with Crippen LogP contribution in [0.15, 0.2) is 35.6 Å². The number of nitrogens with one attached hydrogen (secondary N) is 1. The van der Waals surface area contributed by atoms with Gasteiger partial charge in [0.1, 0.15) is 12.3 Å². The van der Waals surface area contributed by atoms with Crippen LogP contribution in [0.1, 0.15) is 11.1 Å². The van der Waals surface area contributed by atoms with E-state index in [-0.39, 0.29) is 54.3 Å². The summed E-state index contributed by atoms with van der Waals surface area (Å²) in [5.74, 6) is 0.350. The lowest BCUT2D eigenvalue weighted by Gasteiger charge is -2.35. The minimum Gasteiger partial charge on any atom is -0.497 e. The Kier molecular flexibility index (Phi) is 8.14. The van der Waals surface area contributed by atoms with E-state index in [1.807, 2.05) is 0 Å². The van der Waals surface area contributed by atoms with Crippen molar-refractivity contribution >= 4 is 41.5 Å². The van der Waals surface area contributed by atoms with Gasteiger partial charge in [0.2, 0.25) is 5.91 Å². The number of ether oxygens (including phenoxy) is 1. The van der Waals surface area contributed by atoms with Gasteiger partial charge < -0.3 is 19.9 Å². The van der Waals surface area contributed by atoms with E-state index < -0.39 is 11.7 Å². The van der Waals surface area contributed by atoms with Gasteiger partial charge in [0.05, 0.1) is 24.6 Å². The number of hydrogen-bond acceptors (Lipinski definition) is 4. The van der Waals surface area contributed by atoms with Crippen molar-refractivity contribution in [2.75, 3.05) is 38.7 Å². The normalized spacial score (nSPS) is 15.0. The lowest BCUT2D eigenvalue weighted by Crippen LogP contribution is -2.55. The van der Waals surface area contributed by atoms with Crippen molar-refractivity contribution in [1.82, 2.24) is 20.0 Å². The fourth-order valence-corrected chi connectivity index (χ4v) is 3.28. The van der Waals surface area contributed by atoms with Gasteiger partial charge in [-0.05, 0) is 17.7 Å². The van der Waals surface area contributed by atoms with E-state index in [1.54, 1.807) is 33.9 Å². The minimum atomic E-state index is -4.51. The van der Waals surface area contributed by atoms with Crippen LogP contribution in [0, 0.1) is 0 Å². The third kappa shape index (κ3) is 5.80. The molecule has 2 heterocycles. The highest BCUT2D eigenvalue weighted by atomic mass is 127. The molecule has 1 N–H and O–H groups in total. The third-order valence-electron chi connectivity index (χ3n) is 4.79. The van der Waals surface area contributed by atoms with Crippen LogP contribution in [-0.2, 0) is 24.6 Å². The van der Waals surface area contributed by atoms with Gasteiger partial charge >= 0.3 is 6.18 Å². The minimum absolute atomic E-state index is 0. The standard InChI is InChI=1S/C19H23F3N6O2.HI/c1-23-18(24-9-13-4-5-15(30-3)8-16(13)19(20,21)22)27-6-7-28(17(29)12-27)14-10-25-26(2)11-14;/h4-5,8,10-11H,6-7,9,12H2,1-3H3,(H,23,24);1H. The molecule has 12 heteroatoms. The second-order valence-electron chi connectivity index (χ2n) is 6.76. The van der Waals surface area contributed by atoms with Crippen molar-refractivity contribution in [3.05, 3.63) is 41.7 Å². The van der Waals surface area contributed by atoms with Crippen molar-refractivity contribution in [2.45, 2.75) is 12.7 Å². The highest BCUT2D eigenvalue weighted by molar-refractivity contribution is 14.0. The van der Waals surface area contributed by atoms with Gasteiger partial charge in [0.25, 0.3) is 0 Å². The molecule has 2 aromatic rings. The first kappa shape index (κ1) is 24.8. The molecule has 0 bridgehead atoms. The number of methoxy groups -OCH3 is 1. The molecule has 1 amide bonds. The first-order chi connectivity index (χ1) is 14.2. The van der Waals surface area contributed by atoms with Crippen LogP contribution in [0.2, 0.25) is 0 Å². The number of piperazine rings is 1. The van der Waals surface area contributed by atoms with Crippen LogP contribution < -0.4 is 15.0 Å². The molecule has 0 radical (unpaired) electrons. The quantitative estimate of drug-likeness (QED) is 0.359. The van der Waals surface area contributed by atoms with Crippen molar-refractivity contribution in [2.24, 2.45) is 12.0 Å². The number of carbonyl (C=O) groups excluding carboxylic acids is 1. The molecule has 0 spiro atoms. The van der Waals surface area contributed by atoms with Crippen molar-refractivity contribution in [1.29, 1.82) is 0 Å². The third-order valence-corrected chi connectivity index (χ3v) is 4.79. The fourth-order valence-electron chi connectivity index (χ4n) is 3.28. The SMILES string of the molecule is CN=C(NCc1ccc(OC)cc1C(F)(F)F)N1CCN(c2cnn(C)c2)C(=O)C1.I. The van der Waals surface area contributed by atoms with E-state index in [9.17, 15) is 18.0 Å². The van der Waals surface area contributed by atoms with E-state index >= 15 is 0 Å². The lowest BCUT2D eigenvalue weighted by atomic mass is 10.1. The molecule has 0 unspecified atom stereocenters. The van der Waals surface area contributed by atoms with Gasteiger partial charge in [-0.15, -0.1) is 24.0 Å². The van der Waals surface area contributed by atoms with Crippen LogP contribution in [0.3, 0.4) is 0 Å². The maximum Gasteiger partial charge on any atom is 0.416 e. The Bertz CT molecular complexity index is 947. The summed E-state index contributed by atoms with van der Waals surface area (Å²) in [5, 5.41) is 7.00. The first-order valence-corrected chi connectivity index (χ1v) is 9.21. The molecule has 8 nitrogen and oxygen atoms in total. The highest BCUT2D eigenvalue weighted by Gasteiger charge is 2.34. The zero-order valence-electron chi connectivity index (χ0n) is 17.3. The Morgan fingerprint density at radius 3 is 2.61 bits per heavy atom. The molecular weight excluding hydrogens is 528 g/mol. The average molecular weight is 552 g/mol. The molecule has 0 saturated carbocycles.